The maximum absolute atomic E-state index is 13.3. The first-order chi connectivity index (χ1) is 13.5. The molecular weight excluding hydrogens is 501 g/mol. The van der Waals surface area contributed by atoms with Crippen LogP contribution in [0.3, 0.4) is 0 Å². The van der Waals surface area contributed by atoms with Gasteiger partial charge in [-0.25, -0.2) is 0 Å². The minimum absolute atomic E-state index is 0.467. The molecule has 3 aromatic carbocycles. The van der Waals surface area contributed by atoms with E-state index in [-0.39, 0.29) is 0 Å². The molecule has 5 heteroatoms. The minimum atomic E-state index is -3.91. The first-order valence-electron chi connectivity index (χ1n) is 9.03. The zero-order valence-corrected chi connectivity index (χ0v) is 19.8. The standard InChI is InChI=1S/C21H16O2.C2H5.2ClH.Sb.H/c22-21(23)20(18-14-8-3-9-15-18)19(16-10-4-1-5-11-16)17-12-6-2-7-13-17;1-2;;;;/h1-15H,(H,22,23);1H2,2H3;2*1H;;/q;;;;+3;/p-3. The van der Waals surface area contributed by atoms with Crippen LogP contribution in [0, 0.1) is 0 Å². The van der Waals surface area contributed by atoms with E-state index >= 15 is 0 Å². The predicted octanol–water partition coefficient (Wildman–Crippen LogP) is 6.36. The fourth-order valence-corrected chi connectivity index (χ4v) is 5.31. The Morgan fingerprint density at radius 3 is 1.54 bits per heavy atom. The van der Waals surface area contributed by atoms with Crippen molar-refractivity contribution >= 4 is 51.7 Å². The molecule has 0 aliphatic carbocycles. The molecule has 0 spiro atoms. The fourth-order valence-electron chi connectivity index (χ4n) is 2.89. The number of hydrogen-bond acceptors (Lipinski definition) is 2. The van der Waals surface area contributed by atoms with Crippen molar-refractivity contribution in [3.63, 3.8) is 0 Å². The molecule has 0 radical (unpaired) electrons. The third-order valence-electron chi connectivity index (χ3n) is 4.30. The first kappa shape index (κ1) is 21.0. The van der Waals surface area contributed by atoms with Crippen molar-refractivity contribution < 1.29 is 7.81 Å². The van der Waals surface area contributed by atoms with Gasteiger partial charge in [-0.05, 0) is 0 Å². The van der Waals surface area contributed by atoms with Crippen LogP contribution in [0.4, 0.5) is 0 Å². The second-order valence-electron chi connectivity index (χ2n) is 6.23. The van der Waals surface area contributed by atoms with E-state index in [0.29, 0.717) is 9.94 Å². The summed E-state index contributed by atoms with van der Waals surface area (Å²) in [5.41, 5.74) is 3.87. The van der Waals surface area contributed by atoms with Gasteiger partial charge in [-0.15, -0.1) is 0 Å². The van der Waals surface area contributed by atoms with Crippen LogP contribution < -0.4 is 0 Å². The van der Waals surface area contributed by atoms with Crippen molar-refractivity contribution in [1.82, 2.24) is 0 Å². The number of carbonyl (C=O) groups excluding carboxylic acids is 1. The summed E-state index contributed by atoms with van der Waals surface area (Å²) >= 11 is -3.91. The summed E-state index contributed by atoms with van der Waals surface area (Å²) in [5, 5.41) is 0. The van der Waals surface area contributed by atoms with E-state index in [1.807, 2.05) is 97.9 Å². The summed E-state index contributed by atoms with van der Waals surface area (Å²) in [4.78, 5) is 13.3. The van der Waals surface area contributed by atoms with E-state index in [1.165, 1.54) is 0 Å². The molecule has 144 valence electrons. The fraction of sp³-hybridized carbons (Fsp3) is 0.0870. The van der Waals surface area contributed by atoms with Crippen LogP contribution in [-0.4, -0.2) is 22.9 Å². The van der Waals surface area contributed by atoms with Gasteiger partial charge in [-0.2, -0.15) is 0 Å². The molecule has 0 N–H and O–H groups in total. The van der Waals surface area contributed by atoms with Gasteiger partial charge in [0.1, 0.15) is 0 Å². The summed E-state index contributed by atoms with van der Waals surface area (Å²) in [6, 6.07) is 29.1. The summed E-state index contributed by atoms with van der Waals surface area (Å²) in [7, 11) is 12.7. The Balaban J connectivity index is 2.29. The molecule has 0 aliphatic rings. The zero-order valence-electron chi connectivity index (χ0n) is 15.4. The monoisotopic (exact) mass is 520 g/mol. The molecule has 2 nitrogen and oxygen atoms in total. The van der Waals surface area contributed by atoms with Crippen molar-refractivity contribution in [3.05, 3.63) is 108 Å². The molecule has 28 heavy (non-hydrogen) atoms. The van der Waals surface area contributed by atoms with Crippen molar-refractivity contribution in [2.24, 2.45) is 0 Å². The van der Waals surface area contributed by atoms with E-state index in [1.54, 1.807) is 0 Å². The SMILES string of the molecule is C[CH2][SbH]([Cl])([Cl])[O]C(=O)C(=C(c1ccccc1)c1ccccc1)c1ccccc1. The van der Waals surface area contributed by atoms with Crippen LogP contribution >= 0.6 is 17.7 Å². The van der Waals surface area contributed by atoms with E-state index in [9.17, 15) is 4.79 Å². The van der Waals surface area contributed by atoms with Crippen LogP contribution in [0.5, 0.6) is 0 Å². The molecule has 0 saturated heterocycles. The van der Waals surface area contributed by atoms with Gasteiger partial charge in [-0.1, -0.05) is 0 Å². The van der Waals surface area contributed by atoms with Crippen LogP contribution in [-0.2, 0) is 7.81 Å². The number of halogens is 2. The molecule has 0 aliphatic heterocycles. The van der Waals surface area contributed by atoms with Crippen molar-refractivity contribution in [3.8, 4) is 0 Å². The molecule has 0 amide bonds. The summed E-state index contributed by atoms with van der Waals surface area (Å²) in [6.45, 7) is 1.85. The average molecular weight is 522 g/mol. The van der Waals surface area contributed by atoms with Crippen LogP contribution in [0.15, 0.2) is 91.0 Å². The topological polar surface area (TPSA) is 26.3 Å². The third-order valence-corrected chi connectivity index (χ3v) is 12.6. The zero-order chi connectivity index (χ0) is 20.0. The molecule has 0 heterocycles. The van der Waals surface area contributed by atoms with Gasteiger partial charge in [-0.3, -0.25) is 0 Å². The molecule has 0 aromatic heterocycles. The van der Waals surface area contributed by atoms with Gasteiger partial charge in [0.15, 0.2) is 0 Å². The number of carbonyl (C=O) groups is 1. The summed E-state index contributed by atoms with van der Waals surface area (Å²) < 4.78 is 6.16. The van der Waals surface area contributed by atoms with Gasteiger partial charge < -0.3 is 0 Å². The Labute approximate surface area is 177 Å². The Bertz CT molecular complexity index is 914. The number of rotatable bonds is 6. The first-order valence-corrected chi connectivity index (χ1v) is 19.4. The van der Waals surface area contributed by atoms with Crippen LogP contribution in [0.1, 0.15) is 23.6 Å². The molecular formula is C23H21Cl2O2Sb. The maximum atomic E-state index is 13.3. The van der Waals surface area contributed by atoms with Crippen molar-refractivity contribution in [2.45, 2.75) is 11.3 Å². The Morgan fingerprint density at radius 1 is 0.750 bits per heavy atom. The Morgan fingerprint density at radius 2 is 1.14 bits per heavy atom. The van der Waals surface area contributed by atoms with E-state index in [2.05, 4.69) is 0 Å². The molecule has 0 fully saturated rings. The van der Waals surface area contributed by atoms with Crippen LogP contribution in [0.25, 0.3) is 11.1 Å². The molecule has 0 atom stereocenters. The second kappa shape index (κ2) is 9.65. The predicted molar refractivity (Wildman–Crippen MR) is 121 cm³/mol. The molecule has 3 aromatic rings. The average Bonchev–Trinajstić information content (AvgIpc) is 2.73. The van der Waals surface area contributed by atoms with Crippen molar-refractivity contribution in [1.29, 1.82) is 0 Å². The molecule has 0 bridgehead atoms. The van der Waals surface area contributed by atoms with Gasteiger partial charge in [0.2, 0.25) is 0 Å². The Kier molecular flexibility index (Phi) is 7.23. The third kappa shape index (κ3) is 5.20. The normalized spacial score (nSPS) is 11.5. The van der Waals surface area contributed by atoms with Gasteiger partial charge >= 0.3 is 179 Å². The molecule has 0 saturated carbocycles. The Hall–Kier alpha value is -1.73. The quantitative estimate of drug-likeness (QED) is 0.214. The van der Waals surface area contributed by atoms with E-state index in [0.717, 1.165) is 22.3 Å². The summed E-state index contributed by atoms with van der Waals surface area (Å²) in [6.07, 6.45) is 0. The number of hydrogen-bond donors (Lipinski definition) is 0. The second-order valence-corrected chi connectivity index (χ2v) is 22.0. The molecule has 3 rings (SSSR count). The van der Waals surface area contributed by atoms with Crippen molar-refractivity contribution in [2.75, 3.05) is 0 Å². The van der Waals surface area contributed by atoms with Crippen LogP contribution in [0.2, 0.25) is 4.37 Å². The van der Waals surface area contributed by atoms with E-state index in [4.69, 9.17) is 20.7 Å². The van der Waals surface area contributed by atoms with Gasteiger partial charge in [0, 0.05) is 0 Å². The van der Waals surface area contributed by atoms with E-state index < -0.39 is 22.9 Å². The van der Waals surface area contributed by atoms with Gasteiger partial charge in [0.05, 0.1) is 0 Å². The van der Waals surface area contributed by atoms with Gasteiger partial charge in [0.25, 0.3) is 0 Å². The molecule has 0 unspecified atom stereocenters. The summed E-state index contributed by atoms with van der Waals surface area (Å²) in [5.74, 6) is -0.475. The number of benzene rings is 3.